The molecular weight excluding hydrogens is 349 g/mol. The molecule has 1 heterocycles. The van der Waals surface area contributed by atoms with Crippen LogP contribution in [0.1, 0.15) is 5.56 Å². The summed E-state index contributed by atoms with van der Waals surface area (Å²) in [5.74, 6) is 1.47. The molecule has 0 saturated heterocycles. The van der Waals surface area contributed by atoms with Gasteiger partial charge in [-0.25, -0.2) is 4.39 Å². The smallest absolute Gasteiger partial charge is 0.191 e. The quantitative estimate of drug-likeness (QED) is 0.622. The largest absolute Gasteiger partial charge is 0.496 e. The molecule has 2 aromatic carbocycles. The van der Waals surface area contributed by atoms with Crippen molar-refractivity contribution in [2.24, 2.45) is 7.05 Å². The fourth-order valence-electron chi connectivity index (χ4n) is 2.31. The maximum Gasteiger partial charge on any atom is 0.191 e. The van der Waals surface area contributed by atoms with E-state index < -0.39 is 0 Å². The van der Waals surface area contributed by atoms with Crippen LogP contribution >= 0.6 is 23.4 Å². The van der Waals surface area contributed by atoms with Crippen molar-refractivity contribution < 1.29 is 9.13 Å². The van der Waals surface area contributed by atoms with Gasteiger partial charge in [0.2, 0.25) is 0 Å². The summed E-state index contributed by atoms with van der Waals surface area (Å²) in [6.45, 7) is 0. The Hall–Kier alpha value is -2.05. The van der Waals surface area contributed by atoms with Crippen molar-refractivity contribution in [3.63, 3.8) is 0 Å². The molecule has 3 aromatic rings. The zero-order valence-electron chi connectivity index (χ0n) is 13.2. The third-order valence-corrected chi connectivity index (χ3v) is 4.99. The molecule has 0 saturated carbocycles. The van der Waals surface area contributed by atoms with Gasteiger partial charge in [-0.2, -0.15) is 0 Å². The molecule has 0 aliphatic rings. The summed E-state index contributed by atoms with van der Waals surface area (Å²) in [4.78, 5) is 0. The van der Waals surface area contributed by atoms with Crippen molar-refractivity contribution in [2.75, 3.05) is 7.11 Å². The number of rotatable bonds is 5. The molecule has 0 bridgehead atoms. The lowest BCUT2D eigenvalue weighted by molar-refractivity contribution is 0.416. The number of ether oxygens (including phenoxy) is 1. The predicted molar refractivity (Wildman–Crippen MR) is 94.0 cm³/mol. The standard InChI is InChI=1S/C17H15ClFN3OS/c1-22-16(11-6-3-4-9-15(11)23-2)20-21-17(22)24-10-12-13(18)7-5-8-14(12)19/h3-9H,10H2,1-2H3. The summed E-state index contributed by atoms with van der Waals surface area (Å²) in [6, 6.07) is 12.3. The van der Waals surface area contributed by atoms with E-state index >= 15 is 0 Å². The van der Waals surface area contributed by atoms with Gasteiger partial charge in [-0.1, -0.05) is 41.6 Å². The van der Waals surface area contributed by atoms with Gasteiger partial charge in [-0.05, 0) is 24.3 Å². The van der Waals surface area contributed by atoms with Crippen molar-refractivity contribution in [1.82, 2.24) is 14.8 Å². The maximum absolute atomic E-state index is 13.9. The van der Waals surface area contributed by atoms with E-state index in [0.717, 1.165) is 11.3 Å². The number of methoxy groups -OCH3 is 1. The van der Waals surface area contributed by atoms with Crippen LogP contribution in [-0.2, 0) is 12.8 Å². The average molecular weight is 364 g/mol. The lowest BCUT2D eigenvalue weighted by atomic mass is 10.2. The van der Waals surface area contributed by atoms with E-state index in [1.807, 2.05) is 35.9 Å². The highest BCUT2D eigenvalue weighted by molar-refractivity contribution is 7.98. The molecule has 24 heavy (non-hydrogen) atoms. The van der Waals surface area contributed by atoms with Gasteiger partial charge in [0.1, 0.15) is 11.6 Å². The van der Waals surface area contributed by atoms with E-state index in [0.29, 0.717) is 27.3 Å². The van der Waals surface area contributed by atoms with Crippen LogP contribution < -0.4 is 4.74 Å². The third kappa shape index (κ3) is 3.25. The van der Waals surface area contributed by atoms with Crippen molar-refractivity contribution in [3.8, 4) is 17.1 Å². The Morgan fingerprint density at radius 3 is 2.71 bits per heavy atom. The second-order valence-electron chi connectivity index (χ2n) is 5.05. The van der Waals surface area contributed by atoms with E-state index in [4.69, 9.17) is 16.3 Å². The lowest BCUT2D eigenvalue weighted by Crippen LogP contribution is -1.97. The van der Waals surface area contributed by atoms with Crippen LogP contribution in [0.2, 0.25) is 5.02 Å². The fraction of sp³-hybridized carbons (Fsp3) is 0.176. The van der Waals surface area contributed by atoms with Crippen LogP contribution in [0.3, 0.4) is 0 Å². The molecule has 4 nitrogen and oxygen atoms in total. The van der Waals surface area contributed by atoms with Gasteiger partial charge in [0.05, 0.1) is 12.7 Å². The zero-order valence-corrected chi connectivity index (χ0v) is 14.7. The van der Waals surface area contributed by atoms with E-state index in [1.165, 1.54) is 17.8 Å². The van der Waals surface area contributed by atoms with Gasteiger partial charge < -0.3 is 9.30 Å². The molecule has 0 unspecified atom stereocenters. The average Bonchev–Trinajstić information content (AvgIpc) is 2.95. The summed E-state index contributed by atoms with van der Waals surface area (Å²) in [5, 5.41) is 9.52. The van der Waals surface area contributed by atoms with Gasteiger partial charge in [0, 0.05) is 23.4 Å². The zero-order chi connectivity index (χ0) is 17.1. The van der Waals surface area contributed by atoms with Gasteiger partial charge >= 0.3 is 0 Å². The van der Waals surface area contributed by atoms with Gasteiger partial charge in [0.25, 0.3) is 0 Å². The first kappa shape index (κ1) is 16.8. The highest BCUT2D eigenvalue weighted by Gasteiger charge is 2.16. The fourth-order valence-corrected chi connectivity index (χ4v) is 3.57. The van der Waals surface area contributed by atoms with Crippen molar-refractivity contribution in [1.29, 1.82) is 0 Å². The maximum atomic E-state index is 13.9. The van der Waals surface area contributed by atoms with Crippen LogP contribution in [0.5, 0.6) is 5.75 Å². The number of aromatic nitrogens is 3. The molecule has 0 aliphatic heterocycles. The number of benzene rings is 2. The number of nitrogens with zero attached hydrogens (tertiary/aromatic N) is 3. The summed E-state index contributed by atoms with van der Waals surface area (Å²) in [5.41, 5.74) is 1.32. The van der Waals surface area contributed by atoms with E-state index in [-0.39, 0.29) is 5.82 Å². The van der Waals surface area contributed by atoms with Gasteiger partial charge in [0.15, 0.2) is 11.0 Å². The lowest BCUT2D eigenvalue weighted by Gasteiger charge is -2.08. The Morgan fingerprint density at radius 1 is 1.17 bits per heavy atom. The molecule has 124 valence electrons. The normalized spacial score (nSPS) is 10.8. The van der Waals surface area contributed by atoms with Crippen LogP contribution in [0, 0.1) is 5.82 Å². The van der Waals surface area contributed by atoms with Gasteiger partial charge in [-0.15, -0.1) is 10.2 Å². The van der Waals surface area contributed by atoms with E-state index in [2.05, 4.69) is 10.2 Å². The first-order valence-electron chi connectivity index (χ1n) is 7.20. The first-order valence-corrected chi connectivity index (χ1v) is 8.56. The molecule has 7 heteroatoms. The number of halogens is 2. The topological polar surface area (TPSA) is 39.9 Å². The Labute approximate surface area is 148 Å². The number of thioether (sulfide) groups is 1. The minimum atomic E-state index is -0.317. The third-order valence-electron chi connectivity index (χ3n) is 3.59. The van der Waals surface area contributed by atoms with Crippen molar-refractivity contribution >= 4 is 23.4 Å². The van der Waals surface area contributed by atoms with Crippen molar-refractivity contribution in [3.05, 3.63) is 58.9 Å². The molecule has 0 amide bonds. The molecule has 1 aromatic heterocycles. The molecule has 0 radical (unpaired) electrons. The Kier molecular flexibility index (Phi) is 5.06. The highest BCUT2D eigenvalue weighted by Crippen LogP contribution is 2.32. The Morgan fingerprint density at radius 2 is 1.96 bits per heavy atom. The second kappa shape index (κ2) is 7.23. The first-order chi connectivity index (χ1) is 11.6. The summed E-state index contributed by atoms with van der Waals surface area (Å²) in [6.07, 6.45) is 0. The summed E-state index contributed by atoms with van der Waals surface area (Å²) >= 11 is 7.45. The van der Waals surface area contributed by atoms with E-state index in [9.17, 15) is 4.39 Å². The summed E-state index contributed by atoms with van der Waals surface area (Å²) in [7, 11) is 3.48. The Bertz CT molecular complexity index is 849. The minimum Gasteiger partial charge on any atom is -0.496 e. The molecule has 0 aliphatic carbocycles. The second-order valence-corrected chi connectivity index (χ2v) is 6.40. The predicted octanol–water partition coefficient (Wildman–Crippen LogP) is 4.58. The van der Waals surface area contributed by atoms with Crippen LogP contribution in [-0.4, -0.2) is 21.9 Å². The number of hydrogen-bond acceptors (Lipinski definition) is 4. The molecule has 0 atom stereocenters. The highest BCUT2D eigenvalue weighted by atomic mass is 35.5. The number of hydrogen-bond donors (Lipinski definition) is 0. The molecule has 0 N–H and O–H groups in total. The Balaban J connectivity index is 1.86. The van der Waals surface area contributed by atoms with Gasteiger partial charge in [-0.3, -0.25) is 0 Å². The SMILES string of the molecule is COc1ccccc1-c1nnc(SCc2c(F)cccc2Cl)n1C. The molecule has 0 spiro atoms. The van der Waals surface area contributed by atoms with Crippen molar-refractivity contribution in [2.45, 2.75) is 10.9 Å². The molecule has 3 rings (SSSR count). The monoisotopic (exact) mass is 363 g/mol. The summed E-state index contributed by atoms with van der Waals surface area (Å²) < 4.78 is 21.1. The van der Waals surface area contributed by atoms with Crippen LogP contribution in [0.4, 0.5) is 4.39 Å². The number of para-hydroxylation sites is 1. The molecule has 0 fully saturated rings. The minimum absolute atomic E-state index is 0.317. The van der Waals surface area contributed by atoms with Crippen LogP contribution in [0.15, 0.2) is 47.6 Å². The van der Waals surface area contributed by atoms with E-state index in [1.54, 1.807) is 19.2 Å². The molecular formula is C17H15ClFN3OS. The van der Waals surface area contributed by atoms with Crippen LogP contribution in [0.25, 0.3) is 11.4 Å².